The van der Waals surface area contributed by atoms with Crippen LogP contribution in [0.2, 0.25) is 0 Å². The molecule has 92 valence electrons. The molecule has 4 nitrogen and oxygen atoms in total. The molecule has 0 atom stereocenters. The topological polar surface area (TPSA) is 52.0 Å². The number of hydrogen-bond donors (Lipinski definition) is 0. The second-order valence-corrected chi connectivity index (χ2v) is 5.36. The maximum Gasteiger partial charge on any atom is 0.416 e. The lowest BCUT2D eigenvalue weighted by molar-refractivity contribution is -0.137. The van der Waals surface area contributed by atoms with Gasteiger partial charge in [-0.1, -0.05) is 0 Å². The molecule has 0 bridgehead atoms. The third-order valence-corrected chi connectivity index (χ3v) is 3.20. The number of alkyl halides is 3. The van der Waals surface area contributed by atoms with E-state index in [0.29, 0.717) is 0 Å². The Labute approximate surface area is 94.7 Å². The fourth-order valence-corrected chi connectivity index (χ4v) is 2.16. The van der Waals surface area contributed by atoms with Crippen LogP contribution in [0.4, 0.5) is 13.2 Å². The second-order valence-electron chi connectivity index (χ2n) is 3.50. The molecule has 0 amide bonds. The summed E-state index contributed by atoms with van der Waals surface area (Å²) >= 11 is 0. The van der Waals surface area contributed by atoms with Crippen molar-refractivity contribution >= 4 is 21.1 Å². The maximum absolute atomic E-state index is 12.4. The van der Waals surface area contributed by atoms with E-state index in [0.717, 1.165) is 34.8 Å². The summed E-state index contributed by atoms with van der Waals surface area (Å²) in [4.78, 5) is 3.64. The van der Waals surface area contributed by atoms with Crippen molar-refractivity contribution in [1.29, 1.82) is 0 Å². The van der Waals surface area contributed by atoms with Gasteiger partial charge in [-0.2, -0.15) is 13.2 Å². The van der Waals surface area contributed by atoms with Crippen LogP contribution in [-0.2, 0) is 16.2 Å². The van der Waals surface area contributed by atoms with Gasteiger partial charge in [-0.3, -0.25) is 0 Å². The molecule has 2 aromatic rings. The third-order valence-electron chi connectivity index (χ3n) is 2.20. The zero-order valence-electron chi connectivity index (χ0n) is 8.56. The van der Waals surface area contributed by atoms with Gasteiger partial charge in [0.25, 0.3) is 0 Å². The van der Waals surface area contributed by atoms with Gasteiger partial charge in [0.15, 0.2) is 0 Å². The predicted octanol–water partition coefficient (Wildman–Crippen LogP) is 1.86. The van der Waals surface area contributed by atoms with E-state index in [1.807, 2.05) is 0 Å². The third kappa shape index (κ3) is 2.12. The molecule has 8 heteroatoms. The average Bonchev–Trinajstić information content (AvgIpc) is 2.57. The van der Waals surface area contributed by atoms with Crippen LogP contribution in [0.1, 0.15) is 5.56 Å². The van der Waals surface area contributed by atoms with Crippen LogP contribution < -0.4 is 0 Å². The lowest BCUT2D eigenvalue weighted by Crippen LogP contribution is -2.08. The molecule has 1 aromatic carbocycles. The summed E-state index contributed by atoms with van der Waals surface area (Å²) in [6, 6.07) is 2.73. The van der Waals surface area contributed by atoms with Gasteiger partial charge in [0, 0.05) is 0 Å². The Morgan fingerprint density at radius 2 is 1.94 bits per heavy atom. The van der Waals surface area contributed by atoms with Crippen molar-refractivity contribution in [3.63, 3.8) is 0 Å². The number of nitrogens with zero attached hydrogens (tertiary/aromatic N) is 2. The first-order valence-electron chi connectivity index (χ1n) is 4.44. The number of hydrogen-bond acceptors (Lipinski definition) is 3. The summed E-state index contributed by atoms with van der Waals surface area (Å²) < 4.78 is 60.6. The van der Waals surface area contributed by atoms with Gasteiger partial charge in [0.1, 0.15) is 6.33 Å². The summed E-state index contributed by atoms with van der Waals surface area (Å²) in [5, 5.41) is 0. The Hall–Kier alpha value is -1.57. The molecule has 1 aromatic heterocycles. The van der Waals surface area contributed by atoms with Crippen molar-refractivity contribution in [1.82, 2.24) is 8.96 Å². The van der Waals surface area contributed by atoms with Gasteiger partial charge >= 0.3 is 6.18 Å². The van der Waals surface area contributed by atoms with E-state index in [9.17, 15) is 21.6 Å². The molecular weight excluding hydrogens is 257 g/mol. The Morgan fingerprint density at radius 3 is 2.47 bits per heavy atom. The highest BCUT2D eigenvalue weighted by atomic mass is 32.2. The number of aromatic nitrogens is 2. The number of halogens is 3. The highest BCUT2D eigenvalue weighted by Gasteiger charge is 2.31. The molecule has 0 unspecified atom stereocenters. The van der Waals surface area contributed by atoms with E-state index >= 15 is 0 Å². The number of fused-ring (bicyclic) bond motifs is 1. The van der Waals surface area contributed by atoms with Crippen LogP contribution in [0.5, 0.6) is 0 Å². The molecule has 0 aliphatic carbocycles. The first-order valence-corrected chi connectivity index (χ1v) is 6.29. The van der Waals surface area contributed by atoms with Crippen LogP contribution in [0.15, 0.2) is 24.5 Å². The van der Waals surface area contributed by atoms with Crippen molar-refractivity contribution in [2.24, 2.45) is 0 Å². The molecule has 0 aliphatic heterocycles. The van der Waals surface area contributed by atoms with Crippen molar-refractivity contribution in [2.45, 2.75) is 6.18 Å². The molecule has 0 radical (unpaired) electrons. The van der Waals surface area contributed by atoms with E-state index in [-0.39, 0.29) is 11.0 Å². The van der Waals surface area contributed by atoms with Crippen LogP contribution in [-0.4, -0.2) is 23.6 Å². The molecule has 0 N–H and O–H groups in total. The van der Waals surface area contributed by atoms with E-state index in [4.69, 9.17) is 0 Å². The zero-order chi connectivity index (χ0) is 12.8. The molecule has 2 rings (SSSR count). The molecule has 0 saturated heterocycles. The molecule has 0 aliphatic rings. The fourth-order valence-electron chi connectivity index (χ4n) is 1.43. The summed E-state index contributed by atoms with van der Waals surface area (Å²) in [5.41, 5.74) is -0.741. The van der Waals surface area contributed by atoms with Gasteiger partial charge in [-0.15, -0.1) is 0 Å². The van der Waals surface area contributed by atoms with E-state index in [2.05, 4.69) is 4.98 Å². The fraction of sp³-hybridized carbons (Fsp3) is 0.222. The number of imidazole rings is 1. The predicted molar refractivity (Wildman–Crippen MR) is 55.0 cm³/mol. The smallest absolute Gasteiger partial charge is 0.236 e. The molecule has 0 fully saturated rings. The monoisotopic (exact) mass is 264 g/mol. The standard InChI is InChI=1S/C9H7F3N2O2S/c1-17(15,16)14-5-13-7-4-6(9(10,11)12)2-3-8(7)14/h2-5H,1H3. The van der Waals surface area contributed by atoms with Crippen LogP contribution in [0, 0.1) is 0 Å². The molecule has 0 spiro atoms. The van der Waals surface area contributed by atoms with E-state index < -0.39 is 21.8 Å². The summed E-state index contributed by atoms with van der Waals surface area (Å²) in [7, 11) is -3.56. The minimum absolute atomic E-state index is 0.00903. The summed E-state index contributed by atoms with van der Waals surface area (Å²) in [6.45, 7) is 0. The molecule has 0 saturated carbocycles. The summed E-state index contributed by atoms with van der Waals surface area (Å²) in [6.07, 6.45) is -2.53. The Balaban J connectivity index is 2.69. The Morgan fingerprint density at radius 1 is 1.29 bits per heavy atom. The van der Waals surface area contributed by atoms with Crippen LogP contribution >= 0.6 is 0 Å². The van der Waals surface area contributed by atoms with E-state index in [1.165, 1.54) is 0 Å². The highest BCUT2D eigenvalue weighted by Crippen LogP contribution is 2.31. The van der Waals surface area contributed by atoms with Crippen LogP contribution in [0.25, 0.3) is 11.0 Å². The first-order chi connectivity index (χ1) is 7.69. The normalized spacial score (nSPS) is 13.2. The number of rotatable bonds is 1. The van der Waals surface area contributed by atoms with E-state index in [1.54, 1.807) is 0 Å². The van der Waals surface area contributed by atoms with Crippen molar-refractivity contribution in [3.8, 4) is 0 Å². The van der Waals surface area contributed by atoms with Gasteiger partial charge in [-0.25, -0.2) is 17.4 Å². The molecular formula is C9H7F3N2O2S. The second kappa shape index (κ2) is 3.46. The first kappa shape index (κ1) is 11.9. The minimum atomic E-state index is -4.47. The van der Waals surface area contributed by atoms with Gasteiger partial charge in [-0.05, 0) is 18.2 Å². The summed E-state index contributed by atoms with van der Waals surface area (Å²) in [5.74, 6) is 0. The van der Waals surface area contributed by atoms with Gasteiger partial charge in [0.2, 0.25) is 10.0 Å². The van der Waals surface area contributed by atoms with Crippen molar-refractivity contribution < 1.29 is 21.6 Å². The molecule has 17 heavy (non-hydrogen) atoms. The van der Waals surface area contributed by atoms with Crippen LogP contribution in [0.3, 0.4) is 0 Å². The Kier molecular flexibility index (Phi) is 2.42. The van der Waals surface area contributed by atoms with Crippen molar-refractivity contribution in [3.05, 3.63) is 30.1 Å². The largest absolute Gasteiger partial charge is 0.416 e. The highest BCUT2D eigenvalue weighted by molar-refractivity contribution is 7.89. The number of benzene rings is 1. The SMILES string of the molecule is CS(=O)(=O)n1cnc2cc(C(F)(F)F)ccc21. The lowest BCUT2D eigenvalue weighted by atomic mass is 10.2. The van der Waals surface area contributed by atoms with Gasteiger partial charge in [0.05, 0.1) is 22.9 Å². The zero-order valence-corrected chi connectivity index (χ0v) is 9.38. The maximum atomic E-state index is 12.4. The minimum Gasteiger partial charge on any atom is -0.236 e. The Bertz CT molecular complexity index is 673. The average molecular weight is 264 g/mol. The van der Waals surface area contributed by atoms with Gasteiger partial charge < -0.3 is 0 Å². The van der Waals surface area contributed by atoms with Crippen molar-refractivity contribution in [2.75, 3.05) is 6.26 Å². The molecule has 1 heterocycles. The lowest BCUT2D eigenvalue weighted by Gasteiger charge is -2.06. The quantitative estimate of drug-likeness (QED) is 0.790.